The molecule has 96 valence electrons. The highest BCUT2D eigenvalue weighted by molar-refractivity contribution is 6.66. The van der Waals surface area contributed by atoms with Crippen molar-refractivity contribution in [3.63, 3.8) is 0 Å². The van der Waals surface area contributed by atoms with Gasteiger partial charge in [0.2, 0.25) is 0 Å². The summed E-state index contributed by atoms with van der Waals surface area (Å²) >= 11 is 6.04. The van der Waals surface area contributed by atoms with E-state index in [1.54, 1.807) is 6.07 Å². The highest BCUT2D eigenvalue weighted by Crippen LogP contribution is 2.37. The summed E-state index contributed by atoms with van der Waals surface area (Å²) in [6, 6.07) is 1.60. The van der Waals surface area contributed by atoms with Crippen LogP contribution >= 0.6 is 11.6 Å². The highest BCUT2D eigenvalue weighted by atomic mass is 35.5. The molecule has 0 spiro atoms. The van der Waals surface area contributed by atoms with Crippen molar-refractivity contribution in [3.8, 4) is 0 Å². The van der Waals surface area contributed by atoms with E-state index in [0.29, 0.717) is 11.0 Å². The second kappa shape index (κ2) is 4.33. The first-order valence-electron chi connectivity index (χ1n) is 5.74. The maximum Gasteiger partial charge on any atom is 0.498 e. The summed E-state index contributed by atoms with van der Waals surface area (Å²) in [5.41, 5.74) is -0.0186. The number of hydrogen-bond donors (Lipinski definition) is 0. The molecule has 1 aromatic rings. The lowest BCUT2D eigenvalue weighted by atomic mass is 9.77. The van der Waals surface area contributed by atoms with E-state index in [-0.39, 0.29) is 5.15 Å². The first kappa shape index (κ1) is 13.5. The third kappa shape index (κ3) is 2.07. The average molecular weight is 268 g/mol. The van der Waals surface area contributed by atoms with Crippen LogP contribution in [0.3, 0.4) is 0 Å². The Labute approximate surface area is 112 Å². The van der Waals surface area contributed by atoms with E-state index in [0.717, 1.165) is 6.29 Å². The molecule has 1 aromatic heterocycles. The molecule has 0 bridgehead atoms. The zero-order valence-corrected chi connectivity index (χ0v) is 11.6. The number of aromatic nitrogens is 1. The van der Waals surface area contributed by atoms with E-state index >= 15 is 0 Å². The molecule has 2 heterocycles. The Balaban J connectivity index is 2.44. The van der Waals surface area contributed by atoms with Gasteiger partial charge < -0.3 is 9.31 Å². The van der Waals surface area contributed by atoms with E-state index in [2.05, 4.69) is 4.98 Å². The molecule has 18 heavy (non-hydrogen) atoms. The van der Waals surface area contributed by atoms with Crippen molar-refractivity contribution in [2.24, 2.45) is 0 Å². The molecular weight excluding hydrogens is 252 g/mol. The van der Waals surface area contributed by atoms with Gasteiger partial charge in [0.25, 0.3) is 0 Å². The van der Waals surface area contributed by atoms with Gasteiger partial charge in [-0.2, -0.15) is 0 Å². The first-order chi connectivity index (χ1) is 8.28. The van der Waals surface area contributed by atoms with Crippen molar-refractivity contribution in [2.75, 3.05) is 0 Å². The third-order valence-electron chi connectivity index (χ3n) is 3.59. The van der Waals surface area contributed by atoms with Crippen LogP contribution in [0.25, 0.3) is 0 Å². The lowest BCUT2D eigenvalue weighted by Crippen LogP contribution is -2.41. The molecule has 0 aromatic carbocycles. The molecule has 6 heteroatoms. The molecule has 1 aliphatic heterocycles. The van der Waals surface area contributed by atoms with Crippen LogP contribution in [-0.2, 0) is 9.31 Å². The topological polar surface area (TPSA) is 48.4 Å². The molecule has 0 amide bonds. The fraction of sp³-hybridized carbons (Fsp3) is 0.500. The van der Waals surface area contributed by atoms with Crippen LogP contribution in [-0.4, -0.2) is 29.6 Å². The second-order valence-electron chi connectivity index (χ2n) is 5.31. The fourth-order valence-electron chi connectivity index (χ4n) is 1.76. The number of carbonyl (C=O) groups excluding carboxylic acids is 1. The number of halogens is 1. The molecule has 0 unspecified atom stereocenters. The maximum atomic E-state index is 11.1. The third-order valence-corrected chi connectivity index (χ3v) is 3.89. The van der Waals surface area contributed by atoms with E-state index in [1.165, 1.54) is 6.20 Å². The summed E-state index contributed by atoms with van der Waals surface area (Å²) in [5.74, 6) is 0. The van der Waals surface area contributed by atoms with Crippen molar-refractivity contribution < 1.29 is 14.1 Å². The quantitative estimate of drug-likeness (QED) is 0.466. The Hall–Kier alpha value is -0.905. The van der Waals surface area contributed by atoms with Crippen molar-refractivity contribution in [1.29, 1.82) is 0 Å². The predicted molar refractivity (Wildman–Crippen MR) is 70.4 cm³/mol. The monoisotopic (exact) mass is 267 g/mol. The van der Waals surface area contributed by atoms with Crippen LogP contribution in [0, 0.1) is 0 Å². The van der Waals surface area contributed by atoms with Gasteiger partial charge in [-0.05, 0) is 33.8 Å². The van der Waals surface area contributed by atoms with Crippen LogP contribution in [0.4, 0.5) is 0 Å². The van der Waals surface area contributed by atoms with Gasteiger partial charge in [0.15, 0.2) is 0 Å². The van der Waals surface area contributed by atoms with Gasteiger partial charge in [-0.25, -0.2) is 4.98 Å². The van der Waals surface area contributed by atoms with Crippen LogP contribution in [0.2, 0.25) is 5.15 Å². The Morgan fingerprint density at radius 3 is 2.33 bits per heavy atom. The molecule has 2 rings (SSSR count). The van der Waals surface area contributed by atoms with Crippen LogP contribution in [0.5, 0.6) is 0 Å². The highest BCUT2D eigenvalue weighted by Gasteiger charge is 2.52. The molecule has 1 aliphatic rings. The maximum absolute atomic E-state index is 11.1. The van der Waals surface area contributed by atoms with Gasteiger partial charge in [-0.15, -0.1) is 0 Å². The molecule has 0 N–H and O–H groups in total. The number of carbonyl (C=O) groups is 1. The number of rotatable bonds is 2. The minimum absolute atomic E-state index is 0.234. The molecule has 1 saturated heterocycles. The second-order valence-corrected chi connectivity index (χ2v) is 5.67. The van der Waals surface area contributed by atoms with Gasteiger partial charge in [0.1, 0.15) is 11.4 Å². The predicted octanol–water partition coefficient (Wildman–Crippen LogP) is 1.85. The number of hydrogen-bond acceptors (Lipinski definition) is 4. The summed E-state index contributed by atoms with van der Waals surface area (Å²) in [4.78, 5) is 15.0. The van der Waals surface area contributed by atoms with Crippen molar-refractivity contribution in [2.45, 2.75) is 38.9 Å². The molecule has 0 aliphatic carbocycles. The molecular formula is C12H15BClNO3. The van der Waals surface area contributed by atoms with Gasteiger partial charge in [0, 0.05) is 17.2 Å². The number of nitrogens with zero attached hydrogens (tertiary/aromatic N) is 1. The number of pyridine rings is 1. The standard InChI is InChI=1S/C12H15BClNO3/c1-11(2)12(3,4)18-13(17-11)9-8(7-16)5-6-15-10(9)14/h5-7H,1-4H3. The normalized spacial score (nSPS) is 21.1. The smallest absolute Gasteiger partial charge is 0.399 e. The van der Waals surface area contributed by atoms with Gasteiger partial charge in [0.05, 0.1) is 11.2 Å². The first-order valence-corrected chi connectivity index (χ1v) is 6.11. The van der Waals surface area contributed by atoms with Crippen molar-refractivity contribution in [1.82, 2.24) is 4.98 Å². The molecule has 0 saturated carbocycles. The molecule has 1 fully saturated rings. The average Bonchev–Trinajstić information content (AvgIpc) is 2.47. The van der Waals surface area contributed by atoms with Gasteiger partial charge in [-0.3, -0.25) is 4.79 Å². The molecule has 0 atom stereocenters. The van der Waals surface area contributed by atoms with E-state index in [1.807, 2.05) is 27.7 Å². The lowest BCUT2D eigenvalue weighted by Gasteiger charge is -2.32. The molecule has 0 radical (unpaired) electrons. The summed E-state index contributed by atoms with van der Waals surface area (Å²) < 4.78 is 11.7. The zero-order valence-electron chi connectivity index (χ0n) is 10.9. The van der Waals surface area contributed by atoms with Crippen LogP contribution in [0.1, 0.15) is 38.1 Å². The Kier molecular flexibility index (Phi) is 3.26. The summed E-state index contributed by atoms with van der Waals surface area (Å²) in [6.07, 6.45) is 2.22. The molecule has 4 nitrogen and oxygen atoms in total. The van der Waals surface area contributed by atoms with Gasteiger partial charge >= 0.3 is 7.12 Å². The summed E-state index contributed by atoms with van der Waals surface area (Å²) in [7, 11) is -0.670. The largest absolute Gasteiger partial charge is 0.498 e. The minimum Gasteiger partial charge on any atom is -0.399 e. The van der Waals surface area contributed by atoms with Gasteiger partial charge in [-0.1, -0.05) is 11.6 Å². The van der Waals surface area contributed by atoms with E-state index in [4.69, 9.17) is 20.9 Å². The van der Waals surface area contributed by atoms with E-state index < -0.39 is 18.3 Å². The minimum atomic E-state index is -0.670. The summed E-state index contributed by atoms with van der Waals surface area (Å²) in [5, 5.41) is 0.234. The van der Waals surface area contributed by atoms with E-state index in [9.17, 15) is 4.79 Å². The Morgan fingerprint density at radius 1 is 1.28 bits per heavy atom. The SMILES string of the molecule is CC1(C)OB(c2c(C=O)ccnc2Cl)OC1(C)C. The Bertz CT molecular complexity index is 474. The summed E-state index contributed by atoms with van der Waals surface area (Å²) in [6.45, 7) is 7.77. The van der Waals surface area contributed by atoms with Crippen LogP contribution in [0.15, 0.2) is 12.3 Å². The van der Waals surface area contributed by atoms with Crippen LogP contribution < -0.4 is 5.46 Å². The zero-order chi connectivity index (χ0) is 13.6. The Morgan fingerprint density at radius 2 is 1.83 bits per heavy atom. The number of aldehydes is 1. The van der Waals surface area contributed by atoms with Crippen molar-refractivity contribution >= 4 is 30.5 Å². The van der Waals surface area contributed by atoms with Crippen molar-refractivity contribution in [3.05, 3.63) is 23.0 Å². The fourth-order valence-corrected chi connectivity index (χ4v) is 2.01. The lowest BCUT2D eigenvalue weighted by molar-refractivity contribution is 0.00578.